The number of aliphatic hydroxyl groups is 1. The summed E-state index contributed by atoms with van der Waals surface area (Å²) >= 11 is 18.0. The van der Waals surface area contributed by atoms with Crippen LogP contribution >= 0.6 is 94.8 Å². The molecule has 0 fully saturated rings. The molecular weight excluding hydrogens is 1020 g/mol. The number of halogens is 3. The van der Waals surface area contributed by atoms with Gasteiger partial charge in [0.2, 0.25) is 0 Å². The Balaban J connectivity index is 0.000000392. The molecule has 0 saturated carbocycles. The SMILES string of the molecule is C.Cc1cc(Br)c(C)c2c1SCC=C2.Cc1cc(Br)c(C)c2c1SCCC2=O.Cc1cc(Br)c(C)c2c1SCCC2O.Cc1cc(C(=O)O)c(C)c2c1SCC=C2.[B].[H-].[Na+]. The van der Waals surface area contributed by atoms with Crippen molar-refractivity contribution in [3.05, 3.63) is 122 Å². The van der Waals surface area contributed by atoms with Crippen molar-refractivity contribution in [3.8, 4) is 0 Å². The van der Waals surface area contributed by atoms with Gasteiger partial charge in [-0.1, -0.05) is 79.5 Å². The maximum atomic E-state index is 11.8. The Hall–Kier alpha value is -0.635. The normalized spacial score (nSPS) is 15.3. The van der Waals surface area contributed by atoms with Gasteiger partial charge in [0.15, 0.2) is 5.78 Å². The second-order valence-corrected chi connectivity index (χ2v) is 20.9. The number of hydrogen-bond acceptors (Lipinski definition) is 7. The number of carbonyl (C=O) groups excluding carboxylic acids is 1. The molecule has 8 rings (SSSR count). The maximum absolute atomic E-state index is 11.8. The first-order valence-electron chi connectivity index (χ1n) is 18.3. The van der Waals surface area contributed by atoms with E-state index in [9.17, 15) is 14.7 Å². The number of benzene rings is 4. The Morgan fingerprint density at radius 2 is 1.12 bits per heavy atom. The fourth-order valence-electron chi connectivity index (χ4n) is 7.02. The van der Waals surface area contributed by atoms with Crippen LogP contribution in [0.4, 0.5) is 0 Å². The molecule has 4 aromatic rings. The van der Waals surface area contributed by atoms with E-state index in [0.29, 0.717) is 17.8 Å². The summed E-state index contributed by atoms with van der Waals surface area (Å²) < 4.78 is 3.37. The summed E-state index contributed by atoms with van der Waals surface area (Å²) in [4.78, 5) is 27.9. The number of fused-ring (bicyclic) bond motifs is 4. The number of carboxylic acid groups (broad SMARTS) is 1. The number of aliphatic hydroxyl groups excluding tert-OH is 1. The van der Waals surface area contributed by atoms with E-state index in [2.05, 4.69) is 119 Å². The fourth-order valence-corrected chi connectivity index (χ4v) is 13.2. The molecule has 0 saturated heterocycles. The van der Waals surface area contributed by atoms with Gasteiger partial charge in [-0.15, -0.1) is 47.0 Å². The number of hydrogen-bond donors (Lipinski definition) is 2. The largest absolute Gasteiger partial charge is 1.00 e. The summed E-state index contributed by atoms with van der Waals surface area (Å²) in [6.45, 7) is 16.4. The van der Waals surface area contributed by atoms with E-state index in [0.717, 1.165) is 71.8 Å². The zero-order valence-electron chi connectivity index (χ0n) is 35.5. The Bertz CT molecular complexity index is 2290. The van der Waals surface area contributed by atoms with Crippen LogP contribution in [0.1, 0.15) is 110 Å². The van der Waals surface area contributed by atoms with Crippen molar-refractivity contribution in [2.24, 2.45) is 0 Å². The Labute approximate surface area is 419 Å². The molecule has 0 bridgehead atoms. The second-order valence-electron chi connectivity index (χ2n) is 14.1. The molecule has 4 nitrogen and oxygen atoms in total. The van der Waals surface area contributed by atoms with Gasteiger partial charge in [-0.2, -0.15) is 0 Å². The monoisotopic (exact) mass is 1070 g/mol. The molecule has 4 heterocycles. The third kappa shape index (κ3) is 12.8. The maximum Gasteiger partial charge on any atom is 1.00 e. The molecule has 4 aliphatic rings. The summed E-state index contributed by atoms with van der Waals surface area (Å²) in [5.41, 5.74) is 14.3. The first-order chi connectivity index (χ1) is 26.5. The van der Waals surface area contributed by atoms with Gasteiger partial charge in [-0.25, -0.2) is 4.79 Å². The van der Waals surface area contributed by atoms with E-state index in [1.807, 2.05) is 50.4 Å². The Kier molecular flexibility index (Phi) is 22.6. The van der Waals surface area contributed by atoms with E-state index in [-0.39, 0.29) is 52.9 Å². The molecular formula is C46H52BBr3NaO4S4. The summed E-state index contributed by atoms with van der Waals surface area (Å²) in [6.07, 6.45) is 9.83. The van der Waals surface area contributed by atoms with Crippen LogP contribution in [-0.2, 0) is 0 Å². The van der Waals surface area contributed by atoms with Gasteiger partial charge in [0.05, 0.1) is 11.7 Å². The van der Waals surface area contributed by atoms with Crippen molar-refractivity contribution < 1.29 is 50.8 Å². The number of aryl methyl sites for hydroxylation is 4. The van der Waals surface area contributed by atoms with Gasteiger partial charge in [0.25, 0.3) is 0 Å². The van der Waals surface area contributed by atoms with Gasteiger partial charge >= 0.3 is 35.5 Å². The topological polar surface area (TPSA) is 74.6 Å². The molecule has 3 radical (unpaired) electrons. The minimum absolute atomic E-state index is 0. The van der Waals surface area contributed by atoms with Crippen molar-refractivity contribution >= 4 is 127 Å². The molecule has 13 heteroatoms. The second kappa shape index (κ2) is 24.4. The third-order valence-corrected chi connectivity index (χ3v) is 17.5. The molecule has 4 aliphatic heterocycles. The van der Waals surface area contributed by atoms with Crippen LogP contribution in [0.2, 0.25) is 0 Å². The standard InChI is InChI=1S/C12H12O2S.C11H13BrOS.C11H11BrOS.C11H11BrS.CH4.B.Na.H/c1-7-6-10(12(13)14)8(2)9-4-3-5-15-11(7)9;2*1-6-5-8(12)7(2)10-9(13)3-4-14-11(6)10;1-7-6-10(12)8(2)9-4-3-5-13-11(7)9;;;;/h3-4,6H,5H2,1-2H3,(H,13,14);5,9,13H,3-4H2,1-2H3;5H,3-4H2,1-2H3;3-4,6H,5H2,1-2H3;1H4;;;/q;;;;;;+1;-1. The van der Waals surface area contributed by atoms with Crippen LogP contribution < -0.4 is 29.6 Å². The first kappa shape index (κ1) is 54.5. The number of carbonyl (C=O) groups is 2. The molecule has 2 N–H and O–H groups in total. The van der Waals surface area contributed by atoms with Crippen LogP contribution in [-0.4, -0.2) is 53.4 Å². The van der Waals surface area contributed by atoms with Gasteiger partial charge in [0.1, 0.15) is 0 Å². The molecule has 309 valence electrons. The molecule has 4 aromatic carbocycles. The number of carboxylic acids is 1. The quantitative estimate of drug-likeness (QED) is 0.183. The number of ketones is 1. The van der Waals surface area contributed by atoms with Crippen LogP contribution in [0.25, 0.3) is 12.2 Å². The number of aromatic carboxylic acids is 1. The minimum Gasteiger partial charge on any atom is -1.00 e. The van der Waals surface area contributed by atoms with Crippen LogP contribution in [0.5, 0.6) is 0 Å². The molecule has 0 spiro atoms. The predicted octanol–water partition coefficient (Wildman–Crippen LogP) is 12.0. The smallest absolute Gasteiger partial charge is 1.00 e. The van der Waals surface area contributed by atoms with Gasteiger partial charge < -0.3 is 11.6 Å². The minimum atomic E-state index is -0.845. The van der Waals surface area contributed by atoms with Gasteiger partial charge in [0, 0.05) is 76.4 Å². The van der Waals surface area contributed by atoms with Gasteiger partial charge in [-0.05, 0) is 147 Å². The number of rotatable bonds is 1. The zero-order valence-corrected chi connectivity index (χ0v) is 44.5. The summed E-state index contributed by atoms with van der Waals surface area (Å²) in [6, 6.07) is 8.21. The number of Topliss-reactive ketones (excluding diaryl/α,β-unsaturated/α-hetero) is 1. The molecule has 59 heavy (non-hydrogen) atoms. The Morgan fingerprint density at radius 3 is 1.68 bits per heavy atom. The third-order valence-electron chi connectivity index (χ3n) is 10.1. The van der Waals surface area contributed by atoms with E-state index in [4.69, 9.17) is 5.11 Å². The van der Waals surface area contributed by atoms with Crippen LogP contribution in [0, 0.1) is 55.4 Å². The van der Waals surface area contributed by atoms with Crippen LogP contribution in [0.3, 0.4) is 0 Å². The molecule has 0 aromatic heterocycles. The summed E-state index contributed by atoms with van der Waals surface area (Å²) in [5.74, 6) is 3.47. The molecule has 1 atom stereocenters. The van der Waals surface area contributed by atoms with Crippen molar-refractivity contribution in [2.45, 2.75) is 101 Å². The fraction of sp³-hybridized carbons (Fsp3) is 0.348. The number of thioether (sulfide) groups is 4. The average Bonchev–Trinajstić information content (AvgIpc) is 3.17. The molecule has 0 amide bonds. The Morgan fingerprint density at radius 1 is 0.661 bits per heavy atom. The van der Waals surface area contributed by atoms with E-state index < -0.39 is 5.97 Å². The molecule has 1 unspecified atom stereocenters. The summed E-state index contributed by atoms with van der Waals surface area (Å²) in [7, 11) is 0. The van der Waals surface area contributed by atoms with E-state index >= 15 is 0 Å². The van der Waals surface area contributed by atoms with E-state index in [1.54, 1.807) is 29.6 Å². The predicted molar refractivity (Wildman–Crippen MR) is 267 cm³/mol. The zero-order chi connectivity index (χ0) is 41.0. The van der Waals surface area contributed by atoms with Crippen molar-refractivity contribution in [1.82, 2.24) is 0 Å². The molecule has 0 aliphatic carbocycles. The van der Waals surface area contributed by atoms with Crippen LogP contribution in [0.15, 0.2) is 69.4 Å². The first-order valence-corrected chi connectivity index (χ1v) is 24.7. The van der Waals surface area contributed by atoms with Crippen molar-refractivity contribution in [1.29, 1.82) is 0 Å². The average molecular weight is 1070 g/mol. The van der Waals surface area contributed by atoms with Gasteiger partial charge in [-0.3, -0.25) is 4.79 Å². The van der Waals surface area contributed by atoms with Crippen molar-refractivity contribution in [2.75, 3.05) is 23.0 Å². The van der Waals surface area contributed by atoms with Crippen molar-refractivity contribution in [3.63, 3.8) is 0 Å². The van der Waals surface area contributed by atoms with E-state index in [1.165, 1.54) is 57.4 Å². The summed E-state index contributed by atoms with van der Waals surface area (Å²) in [5, 5.41) is 19.0.